The fourth-order valence-corrected chi connectivity index (χ4v) is 2.65. The number of benzene rings is 1. The Morgan fingerprint density at radius 2 is 1.90 bits per heavy atom. The molecule has 13 heteroatoms. The molecular formula is C17H13F3N8O2. The quantitative estimate of drug-likeness (QED) is 0.542. The Morgan fingerprint density at radius 1 is 1.10 bits per heavy atom. The molecule has 0 bridgehead atoms. The lowest BCUT2D eigenvalue weighted by molar-refractivity contribution is -0.141. The Bertz CT molecular complexity index is 1230. The van der Waals surface area contributed by atoms with Crippen molar-refractivity contribution in [3.63, 3.8) is 0 Å². The molecule has 1 aromatic carbocycles. The largest absolute Gasteiger partial charge is 0.437 e. The average molecular weight is 418 g/mol. The standard InChI is InChI=1S/C17H13F3N8O2/c1-27-8-10-11(25-27)3-9(16(29)24-14-6-23-28(2)26-14)4-12(10)30-15-7-21-13(5-22-15)17(18,19)20/h3-8H,1-2H3,(H,24,26,29). The van der Waals surface area contributed by atoms with Gasteiger partial charge in [-0.15, -0.1) is 5.10 Å². The summed E-state index contributed by atoms with van der Waals surface area (Å²) in [6, 6.07) is 2.97. The van der Waals surface area contributed by atoms with Crippen molar-refractivity contribution in [1.29, 1.82) is 0 Å². The minimum absolute atomic E-state index is 0.167. The summed E-state index contributed by atoms with van der Waals surface area (Å²) in [4.78, 5) is 20.9. The summed E-state index contributed by atoms with van der Waals surface area (Å²) in [5, 5.41) is 15.2. The summed E-state index contributed by atoms with van der Waals surface area (Å²) in [7, 11) is 3.29. The van der Waals surface area contributed by atoms with E-state index in [-0.39, 0.29) is 23.0 Å². The van der Waals surface area contributed by atoms with Crippen molar-refractivity contribution in [2.75, 3.05) is 5.32 Å². The number of hydrogen-bond donors (Lipinski definition) is 1. The first-order valence-electron chi connectivity index (χ1n) is 8.41. The SMILES string of the molecule is Cn1cc2c(Oc3cnc(C(F)(F)F)cn3)cc(C(=O)Nc3cnn(C)n3)cc2n1. The first kappa shape index (κ1) is 19.3. The van der Waals surface area contributed by atoms with Crippen LogP contribution in [0, 0.1) is 0 Å². The van der Waals surface area contributed by atoms with E-state index in [1.807, 2.05) is 0 Å². The van der Waals surface area contributed by atoms with Gasteiger partial charge in [0.2, 0.25) is 5.88 Å². The van der Waals surface area contributed by atoms with Crippen molar-refractivity contribution in [3.05, 3.63) is 48.2 Å². The number of halogens is 3. The molecule has 1 amide bonds. The number of carbonyl (C=O) groups excluding carboxylic acids is 1. The molecule has 0 spiro atoms. The molecule has 0 saturated heterocycles. The van der Waals surface area contributed by atoms with Gasteiger partial charge in [-0.2, -0.15) is 28.2 Å². The summed E-state index contributed by atoms with van der Waals surface area (Å²) in [6.45, 7) is 0. The van der Waals surface area contributed by atoms with Gasteiger partial charge in [0.25, 0.3) is 5.91 Å². The fourth-order valence-electron chi connectivity index (χ4n) is 2.65. The molecular weight excluding hydrogens is 405 g/mol. The molecule has 0 aliphatic rings. The van der Waals surface area contributed by atoms with Crippen LogP contribution in [0.2, 0.25) is 0 Å². The highest BCUT2D eigenvalue weighted by Gasteiger charge is 2.32. The number of carbonyl (C=O) groups is 1. The normalized spacial score (nSPS) is 11.6. The van der Waals surface area contributed by atoms with Crippen LogP contribution in [0.25, 0.3) is 10.9 Å². The fraction of sp³-hybridized carbons (Fsp3) is 0.176. The van der Waals surface area contributed by atoms with Gasteiger partial charge in [0, 0.05) is 25.9 Å². The van der Waals surface area contributed by atoms with Gasteiger partial charge in [0.1, 0.15) is 5.75 Å². The van der Waals surface area contributed by atoms with Crippen molar-refractivity contribution in [3.8, 4) is 11.6 Å². The summed E-state index contributed by atoms with van der Waals surface area (Å²) >= 11 is 0. The van der Waals surface area contributed by atoms with E-state index in [1.165, 1.54) is 21.7 Å². The highest BCUT2D eigenvalue weighted by Crippen LogP contribution is 2.32. The Labute approximate surface area is 166 Å². The lowest BCUT2D eigenvalue weighted by atomic mass is 10.1. The first-order valence-corrected chi connectivity index (χ1v) is 8.41. The van der Waals surface area contributed by atoms with E-state index < -0.39 is 17.8 Å². The minimum Gasteiger partial charge on any atom is -0.437 e. The van der Waals surface area contributed by atoms with Crippen LogP contribution in [0.3, 0.4) is 0 Å². The van der Waals surface area contributed by atoms with E-state index in [4.69, 9.17) is 4.74 Å². The predicted molar refractivity (Wildman–Crippen MR) is 96.8 cm³/mol. The highest BCUT2D eigenvalue weighted by atomic mass is 19.4. The zero-order valence-corrected chi connectivity index (χ0v) is 15.5. The number of alkyl halides is 3. The van der Waals surface area contributed by atoms with Crippen molar-refractivity contribution in [2.24, 2.45) is 14.1 Å². The Kier molecular flexibility index (Phi) is 4.56. The van der Waals surface area contributed by atoms with Crippen LogP contribution in [0.5, 0.6) is 11.6 Å². The number of nitrogens with zero attached hydrogens (tertiary/aromatic N) is 7. The molecule has 0 unspecified atom stereocenters. The molecule has 154 valence electrons. The Balaban J connectivity index is 1.67. The molecule has 3 heterocycles. The summed E-state index contributed by atoms with van der Waals surface area (Å²) < 4.78 is 45.1. The van der Waals surface area contributed by atoms with Gasteiger partial charge < -0.3 is 10.1 Å². The third kappa shape index (κ3) is 3.90. The van der Waals surface area contributed by atoms with Crippen LogP contribution in [0.15, 0.2) is 36.9 Å². The van der Waals surface area contributed by atoms with Crippen LogP contribution >= 0.6 is 0 Å². The van der Waals surface area contributed by atoms with E-state index >= 15 is 0 Å². The molecule has 0 fully saturated rings. The van der Waals surface area contributed by atoms with Gasteiger partial charge in [-0.1, -0.05) is 0 Å². The number of fused-ring (bicyclic) bond motifs is 1. The lowest BCUT2D eigenvalue weighted by Gasteiger charge is -2.09. The van der Waals surface area contributed by atoms with E-state index in [0.717, 1.165) is 6.20 Å². The van der Waals surface area contributed by atoms with Gasteiger partial charge in [-0.3, -0.25) is 9.48 Å². The van der Waals surface area contributed by atoms with Gasteiger partial charge in [-0.25, -0.2) is 9.97 Å². The van der Waals surface area contributed by atoms with Gasteiger partial charge in [0.05, 0.1) is 29.5 Å². The number of nitrogens with one attached hydrogen (secondary N) is 1. The van der Waals surface area contributed by atoms with E-state index in [2.05, 4.69) is 30.6 Å². The average Bonchev–Trinajstić information content (AvgIpc) is 3.25. The number of aryl methyl sites for hydroxylation is 2. The maximum Gasteiger partial charge on any atom is 0.434 e. The van der Waals surface area contributed by atoms with Crippen LogP contribution in [-0.4, -0.2) is 40.6 Å². The molecule has 1 N–H and O–H groups in total. The number of anilines is 1. The van der Waals surface area contributed by atoms with E-state index in [0.29, 0.717) is 17.1 Å². The zero-order valence-electron chi connectivity index (χ0n) is 15.5. The lowest BCUT2D eigenvalue weighted by Crippen LogP contribution is -2.13. The second-order valence-electron chi connectivity index (χ2n) is 6.22. The van der Waals surface area contributed by atoms with Crippen LogP contribution in [0.1, 0.15) is 16.1 Å². The molecule has 0 radical (unpaired) electrons. The van der Waals surface area contributed by atoms with Crippen LogP contribution in [0.4, 0.5) is 19.0 Å². The van der Waals surface area contributed by atoms with E-state index in [9.17, 15) is 18.0 Å². The van der Waals surface area contributed by atoms with Gasteiger partial charge in [0.15, 0.2) is 11.5 Å². The molecule has 10 nitrogen and oxygen atoms in total. The van der Waals surface area contributed by atoms with Gasteiger partial charge in [-0.05, 0) is 12.1 Å². The maximum atomic E-state index is 12.7. The minimum atomic E-state index is -4.61. The predicted octanol–water partition coefficient (Wildman–Crippen LogP) is 2.56. The Hall–Kier alpha value is -4.03. The monoisotopic (exact) mass is 418 g/mol. The maximum absolute atomic E-state index is 12.7. The van der Waals surface area contributed by atoms with E-state index in [1.54, 1.807) is 26.4 Å². The number of ether oxygens (including phenoxy) is 1. The smallest absolute Gasteiger partial charge is 0.434 e. The van der Waals surface area contributed by atoms with Crippen molar-refractivity contribution < 1.29 is 22.7 Å². The third-order valence-corrected chi connectivity index (χ3v) is 3.94. The van der Waals surface area contributed by atoms with Crippen LogP contribution < -0.4 is 10.1 Å². The summed E-state index contributed by atoms with van der Waals surface area (Å²) in [6.07, 6.45) is -0.156. The molecule has 30 heavy (non-hydrogen) atoms. The highest BCUT2D eigenvalue weighted by molar-refractivity contribution is 6.06. The zero-order chi connectivity index (χ0) is 21.5. The molecule has 3 aromatic heterocycles. The van der Waals surface area contributed by atoms with Gasteiger partial charge >= 0.3 is 6.18 Å². The molecule has 0 aliphatic carbocycles. The molecule has 0 saturated carbocycles. The van der Waals surface area contributed by atoms with Crippen LogP contribution in [-0.2, 0) is 20.3 Å². The van der Waals surface area contributed by atoms with Crippen molar-refractivity contribution in [2.45, 2.75) is 6.18 Å². The van der Waals surface area contributed by atoms with Crippen molar-refractivity contribution in [1.82, 2.24) is 34.7 Å². The summed E-state index contributed by atoms with van der Waals surface area (Å²) in [5.41, 5.74) is -0.501. The first-order chi connectivity index (χ1) is 14.2. The molecule has 0 aliphatic heterocycles. The Morgan fingerprint density at radius 3 is 2.53 bits per heavy atom. The molecule has 4 aromatic rings. The van der Waals surface area contributed by atoms with Crippen molar-refractivity contribution >= 4 is 22.6 Å². The molecule has 4 rings (SSSR count). The number of hydrogen-bond acceptors (Lipinski definition) is 7. The third-order valence-electron chi connectivity index (χ3n) is 3.94. The number of rotatable bonds is 4. The second-order valence-corrected chi connectivity index (χ2v) is 6.22. The number of aromatic nitrogens is 7. The topological polar surface area (TPSA) is 113 Å². The second kappa shape index (κ2) is 7.09. The summed E-state index contributed by atoms with van der Waals surface area (Å²) in [5.74, 6) is -0.232. The number of amides is 1. The molecule has 0 atom stereocenters.